The molecule has 2 unspecified atom stereocenters. The van der Waals surface area contributed by atoms with Crippen molar-refractivity contribution in [3.05, 3.63) is 12.2 Å². The minimum absolute atomic E-state index is 0.345. The molecule has 0 amide bonds. The van der Waals surface area contributed by atoms with Gasteiger partial charge in [0.1, 0.15) is 0 Å². The zero-order valence-electron chi connectivity index (χ0n) is 23.7. The van der Waals surface area contributed by atoms with E-state index in [9.17, 15) is 9.46 Å². The van der Waals surface area contributed by atoms with Gasteiger partial charge in [0.2, 0.25) is 0 Å². The molecule has 0 aromatic heterocycles. The van der Waals surface area contributed by atoms with Crippen LogP contribution in [0.3, 0.4) is 0 Å². The molecule has 204 valence electrons. The summed E-state index contributed by atoms with van der Waals surface area (Å²) in [6.45, 7) is 4.71. The number of nitrogens with zero attached hydrogens (tertiary/aromatic N) is 1. The molecule has 0 aliphatic rings. The Bertz CT molecular complexity index is 516. The van der Waals surface area contributed by atoms with Gasteiger partial charge in [0.15, 0.2) is 5.78 Å². The van der Waals surface area contributed by atoms with E-state index in [-0.39, 0.29) is 5.78 Å². The molecular weight excluding hydrogens is 441 g/mol. The molecule has 4 nitrogen and oxygen atoms in total. The molecular formula is C29H61NO3P+. The summed E-state index contributed by atoms with van der Waals surface area (Å²) in [6, 6.07) is 0. The highest BCUT2D eigenvalue weighted by Crippen LogP contribution is 2.51. The summed E-state index contributed by atoms with van der Waals surface area (Å²) >= 11 is 0. The fourth-order valence-corrected chi connectivity index (χ4v) is 6.61. The van der Waals surface area contributed by atoms with Gasteiger partial charge >= 0.3 is 7.60 Å². The number of hydrogen-bond acceptors (Lipinski definition) is 2. The quantitative estimate of drug-likeness (QED) is 0.0585. The van der Waals surface area contributed by atoms with Crippen LogP contribution in [-0.4, -0.2) is 42.9 Å². The van der Waals surface area contributed by atoms with Crippen LogP contribution in [0, 0.1) is 0 Å². The molecule has 0 aromatic rings. The number of rotatable bonds is 25. The fourth-order valence-electron chi connectivity index (χ4n) is 4.58. The van der Waals surface area contributed by atoms with Crippen molar-refractivity contribution in [1.29, 1.82) is 0 Å². The zero-order valence-corrected chi connectivity index (χ0v) is 24.6. The topological polar surface area (TPSA) is 46.5 Å². The van der Waals surface area contributed by atoms with Crippen LogP contribution in [0.15, 0.2) is 12.2 Å². The van der Waals surface area contributed by atoms with E-state index >= 15 is 0 Å². The van der Waals surface area contributed by atoms with Crippen LogP contribution < -0.4 is 0 Å². The predicted octanol–water partition coefficient (Wildman–Crippen LogP) is 9.62. The maximum atomic E-state index is 12.7. The molecule has 0 heterocycles. The van der Waals surface area contributed by atoms with Gasteiger partial charge in [-0.1, -0.05) is 109 Å². The number of hydrogen-bond donors (Lipinski definition) is 1. The summed E-state index contributed by atoms with van der Waals surface area (Å²) in [5, 5.41) is 0. The molecule has 5 heteroatoms. The van der Waals surface area contributed by atoms with Crippen molar-refractivity contribution in [3.8, 4) is 0 Å². The zero-order chi connectivity index (χ0) is 25.5. The molecule has 0 bridgehead atoms. The minimum Gasteiger partial charge on any atom is -0.320 e. The lowest BCUT2D eigenvalue weighted by molar-refractivity contribution is -0.883. The molecule has 0 fully saturated rings. The average Bonchev–Trinajstić information content (AvgIpc) is 2.77. The van der Waals surface area contributed by atoms with Gasteiger partial charge in [0, 0.05) is 6.42 Å². The highest BCUT2D eigenvalue weighted by Gasteiger charge is 2.41. The Morgan fingerprint density at radius 3 is 1.50 bits per heavy atom. The molecule has 0 aliphatic carbocycles. The maximum Gasteiger partial charge on any atom is 0.385 e. The summed E-state index contributed by atoms with van der Waals surface area (Å²) in [4.78, 5) is 10.4. The molecule has 0 saturated heterocycles. The molecule has 0 radical (unpaired) electrons. The van der Waals surface area contributed by atoms with Gasteiger partial charge in [-0.05, 0) is 38.5 Å². The second-order valence-corrected chi connectivity index (χ2v) is 13.1. The monoisotopic (exact) mass is 502 g/mol. The molecule has 0 rings (SSSR count). The van der Waals surface area contributed by atoms with E-state index in [1.54, 1.807) is 0 Å². The van der Waals surface area contributed by atoms with E-state index < -0.39 is 7.60 Å². The third-order valence-corrected chi connectivity index (χ3v) is 9.01. The van der Waals surface area contributed by atoms with Crippen molar-refractivity contribution < 1.29 is 18.5 Å². The van der Waals surface area contributed by atoms with Crippen molar-refractivity contribution >= 4 is 7.60 Å². The van der Waals surface area contributed by atoms with Gasteiger partial charge in [-0.25, -0.2) is 0 Å². The predicted molar refractivity (Wildman–Crippen MR) is 150 cm³/mol. The molecule has 2 atom stereocenters. The van der Waals surface area contributed by atoms with Crippen molar-refractivity contribution in [1.82, 2.24) is 0 Å². The van der Waals surface area contributed by atoms with E-state index in [1.165, 1.54) is 96.3 Å². The van der Waals surface area contributed by atoms with Crippen LogP contribution >= 0.6 is 7.60 Å². The van der Waals surface area contributed by atoms with Crippen molar-refractivity contribution in [3.63, 3.8) is 0 Å². The highest BCUT2D eigenvalue weighted by molar-refractivity contribution is 7.53. The first-order chi connectivity index (χ1) is 16.3. The lowest BCUT2D eigenvalue weighted by Crippen LogP contribution is -2.45. The summed E-state index contributed by atoms with van der Waals surface area (Å²) in [6.07, 6.45) is 30.0. The van der Waals surface area contributed by atoms with Crippen LogP contribution in [0.5, 0.6) is 0 Å². The molecule has 0 spiro atoms. The normalized spacial score (nSPS) is 15.1. The Balaban J connectivity index is 3.51. The number of unbranched alkanes of at least 4 members (excludes halogenated alkanes) is 16. The van der Waals surface area contributed by atoms with Crippen LogP contribution in [0.1, 0.15) is 142 Å². The molecule has 34 heavy (non-hydrogen) atoms. The Morgan fingerprint density at radius 1 is 0.676 bits per heavy atom. The maximum absolute atomic E-state index is 12.7. The smallest absolute Gasteiger partial charge is 0.320 e. The van der Waals surface area contributed by atoms with E-state index in [1.807, 2.05) is 28.1 Å². The second-order valence-electron chi connectivity index (χ2n) is 11.1. The van der Waals surface area contributed by atoms with Gasteiger partial charge in [0.05, 0.1) is 27.7 Å². The molecule has 1 N–H and O–H groups in total. The van der Waals surface area contributed by atoms with Gasteiger partial charge in [-0.3, -0.25) is 4.57 Å². The van der Waals surface area contributed by atoms with Crippen LogP contribution in [0.25, 0.3) is 0 Å². The number of allylic oxidation sites excluding steroid dienone is 2. The lowest BCUT2D eigenvalue weighted by Gasteiger charge is -2.35. The van der Waals surface area contributed by atoms with Crippen molar-refractivity contribution in [2.45, 2.75) is 148 Å². The molecule has 0 aliphatic heterocycles. The molecule has 0 saturated carbocycles. The van der Waals surface area contributed by atoms with Crippen LogP contribution in [0.4, 0.5) is 0 Å². The Morgan fingerprint density at radius 2 is 1.09 bits per heavy atom. The fraction of sp³-hybridized carbons (Fsp3) is 0.931. The first kappa shape index (κ1) is 33.8. The van der Waals surface area contributed by atoms with E-state index in [0.29, 0.717) is 17.5 Å². The Hall–Kier alpha value is -0.150. The van der Waals surface area contributed by atoms with Crippen LogP contribution in [0.2, 0.25) is 0 Å². The van der Waals surface area contributed by atoms with E-state index in [0.717, 1.165) is 25.7 Å². The van der Waals surface area contributed by atoms with E-state index in [4.69, 9.17) is 4.52 Å². The summed E-state index contributed by atoms with van der Waals surface area (Å²) < 4.78 is 18.6. The molecule has 0 aromatic carbocycles. The summed E-state index contributed by atoms with van der Waals surface area (Å²) in [7, 11) is 2.32. The standard InChI is InChI=1S/C29H60NO3P/c1-6-8-9-10-11-12-13-14-15-16-17-18-19-20-21-22-23-24-25-26-28-33-34(31,32)29(27-7-2)30(3,4)5/h22-23,29H,6-21,24-28H2,1-5H3/p+1. The van der Waals surface area contributed by atoms with Crippen molar-refractivity contribution in [2.75, 3.05) is 27.7 Å². The largest absolute Gasteiger partial charge is 0.385 e. The SMILES string of the molecule is CCCCCCCCCCCCCCCCC=CCCCCOP(=O)(O)C(CCC)[N+](C)(C)C. The first-order valence-electron chi connectivity index (χ1n) is 14.7. The first-order valence-corrected chi connectivity index (χ1v) is 16.3. The van der Waals surface area contributed by atoms with Gasteiger partial charge in [-0.15, -0.1) is 0 Å². The average molecular weight is 503 g/mol. The Labute approximate surface area is 214 Å². The number of quaternary nitrogens is 1. The third-order valence-electron chi connectivity index (χ3n) is 6.75. The van der Waals surface area contributed by atoms with Gasteiger partial charge in [0.25, 0.3) is 0 Å². The second kappa shape index (κ2) is 22.1. The third kappa shape index (κ3) is 20.1. The van der Waals surface area contributed by atoms with Gasteiger partial charge < -0.3 is 13.9 Å². The van der Waals surface area contributed by atoms with E-state index in [2.05, 4.69) is 19.1 Å². The summed E-state index contributed by atoms with van der Waals surface area (Å²) in [5.41, 5.74) is 0. The van der Waals surface area contributed by atoms with Crippen molar-refractivity contribution in [2.24, 2.45) is 0 Å². The van der Waals surface area contributed by atoms with Gasteiger partial charge in [-0.2, -0.15) is 0 Å². The minimum atomic E-state index is -3.58. The Kier molecular flexibility index (Phi) is 22.0. The highest BCUT2D eigenvalue weighted by atomic mass is 31.2. The lowest BCUT2D eigenvalue weighted by atomic mass is 10.0. The summed E-state index contributed by atoms with van der Waals surface area (Å²) in [5.74, 6) is -0.345. The van der Waals surface area contributed by atoms with Crippen LogP contribution in [-0.2, 0) is 9.09 Å².